The molecule has 0 heterocycles. The molecule has 0 fully saturated rings. The summed E-state index contributed by atoms with van der Waals surface area (Å²) >= 11 is 0. The molecule has 1 N–H and O–H groups in total. The minimum Gasteiger partial charge on any atom is -0.383 e. The Labute approximate surface area is 103 Å². The van der Waals surface area contributed by atoms with Crippen LogP contribution < -0.4 is 5.32 Å². The van der Waals surface area contributed by atoms with E-state index in [0.29, 0.717) is 13.2 Å². The summed E-state index contributed by atoms with van der Waals surface area (Å²) in [4.78, 5) is 0. The minimum absolute atomic E-state index is 0.259. The van der Waals surface area contributed by atoms with Gasteiger partial charge >= 0.3 is 0 Å². The molecule has 0 saturated carbocycles. The molecular formula is C14H20N2O. The van der Waals surface area contributed by atoms with Crippen molar-refractivity contribution in [3.63, 3.8) is 0 Å². The molecule has 92 valence electrons. The van der Waals surface area contributed by atoms with Gasteiger partial charge in [0.25, 0.3) is 0 Å². The highest BCUT2D eigenvalue weighted by molar-refractivity contribution is 5.41. The van der Waals surface area contributed by atoms with E-state index in [2.05, 4.69) is 44.3 Å². The van der Waals surface area contributed by atoms with Crippen LogP contribution in [0.5, 0.6) is 0 Å². The van der Waals surface area contributed by atoms with Crippen LogP contribution in [0, 0.1) is 32.1 Å². The third-order valence-electron chi connectivity index (χ3n) is 2.81. The van der Waals surface area contributed by atoms with E-state index in [0.717, 1.165) is 5.56 Å². The number of hydrogen-bond donors (Lipinski definition) is 1. The highest BCUT2D eigenvalue weighted by Crippen LogP contribution is 2.23. The zero-order valence-electron chi connectivity index (χ0n) is 11.0. The van der Waals surface area contributed by atoms with E-state index in [1.807, 2.05) is 0 Å². The van der Waals surface area contributed by atoms with Crippen LogP contribution in [-0.4, -0.2) is 20.3 Å². The van der Waals surface area contributed by atoms with Crippen molar-refractivity contribution in [1.29, 1.82) is 5.26 Å². The Morgan fingerprint density at radius 2 is 1.88 bits per heavy atom. The number of nitrogens with zero attached hydrogens (tertiary/aromatic N) is 1. The molecule has 17 heavy (non-hydrogen) atoms. The highest BCUT2D eigenvalue weighted by Gasteiger charge is 2.15. The van der Waals surface area contributed by atoms with E-state index in [1.165, 1.54) is 16.7 Å². The lowest BCUT2D eigenvalue weighted by Gasteiger charge is -2.17. The number of benzene rings is 1. The Hall–Kier alpha value is -1.37. The van der Waals surface area contributed by atoms with Gasteiger partial charge in [0.1, 0.15) is 6.04 Å². The molecule has 0 bridgehead atoms. The summed E-state index contributed by atoms with van der Waals surface area (Å²) in [6.45, 7) is 7.47. The lowest BCUT2D eigenvalue weighted by atomic mass is 9.94. The van der Waals surface area contributed by atoms with Crippen molar-refractivity contribution in [2.45, 2.75) is 26.8 Å². The van der Waals surface area contributed by atoms with Gasteiger partial charge in [-0.1, -0.05) is 17.7 Å². The molecule has 0 aromatic heterocycles. The number of nitriles is 1. The molecule has 0 aliphatic heterocycles. The number of hydrogen-bond acceptors (Lipinski definition) is 3. The molecular weight excluding hydrogens is 212 g/mol. The van der Waals surface area contributed by atoms with Crippen LogP contribution in [0.15, 0.2) is 12.1 Å². The van der Waals surface area contributed by atoms with Crippen LogP contribution >= 0.6 is 0 Å². The second-order valence-corrected chi connectivity index (χ2v) is 4.32. The van der Waals surface area contributed by atoms with Gasteiger partial charge in [-0.15, -0.1) is 0 Å². The third-order valence-corrected chi connectivity index (χ3v) is 2.81. The maximum absolute atomic E-state index is 9.24. The van der Waals surface area contributed by atoms with Crippen molar-refractivity contribution < 1.29 is 4.74 Å². The highest BCUT2D eigenvalue weighted by atomic mass is 16.5. The second kappa shape index (κ2) is 6.39. The first-order valence-corrected chi connectivity index (χ1v) is 5.79. The molecule has 1 unspecified atom stereocenters. The Morgan fingerprint density at radius 1 is 1.29 bits per heavy atom. The summed E-state index contributed by atoms with van der Waals surface area (Å²) in [7, 11) is 1.66. The summed E-state index contributed by atoms with van der Waals surface area (Å²) < 4.78 is 4.98. The predicted octanol–water partition coefficient (Wildman–Crippen LogP) is 2.41. The van der Waals surface area contributed by atoms with Gasteiger partial charge in [0.05, 0.1) is 12.7 Å². The lowest BCUT2D eigenvalue weighted by Crippen LogP contribution is -2.25. The van der Waals surface area contributed by atoms with Gasteiger partial charge in [0.2, 0.25) is 0 Å². The van der Waals surface area contributed by atoms with Crippen molar-refractivity contribution in [3.05, 3.63) is 34.4 Å². The summed E-state index contributed by atoms with van der Waals surface area (Å²) in [6.07, 6.45) is 0. The molecule has 3 heteroatoms. The Bertz CT molecular complexity index is 398. The van der Waals surface area contributed by atoms with Crippen molar-refractivity contribution in [1.82, 2.24) is 5.32 Å². The van der Waals surface area contributed by atoms with Crippen molar-refractivity contribution in [2.75, 3.05) is 20.3 Å². The molecule has 1 aromatic rings. The molecule has 0 aliphatic rings. The first kappa shape index (κ1) is 13.7. The van der Waals surface area contributed by atoms with Crippen LogP contribution in [0.2, 0.25) is 0 Å². The van der Waals surface area contributed by atoms with Crippen LogP contribution in [-0.2, 0) is 4.74 Å². The number of rotatable bonds is 5. The molecule has 3 nitrogen and oxygen atoms in total. The number of nitrogens with one attached hydrogen (secondary N) is 1. The van der Waals surface area contributed by atoms with Gasteiger partial charge in [-0.2, -0.15) is 5.26 Å². The molecule has 1 rings (SSSR count). The fourth-order valence-electron chi connectivity index (χ4n) is 2.16. The zero-order chi connectivity index (χ0) is 12.8. The lowest BCUT2D eigenvalue weighted by molar-refractivity contribution is 0.198. The van der Waals surface area contributed by atoms with E-state index >= 15 is 0 Å². The fourth-order valence-corrected chi connectivity index (χ4v) is 2.16. The standard InChI is InChI=1S/C14H20N2O/c1-10-7-11(2)14(12(3)8-10)13(9-15)16-5-6-17-4/h7-8,13,16H,5-6H2,1-4H3. The maximum atomic E-state index is 9.24. The van der Waals surface area contributed by atoms with Gasteiger partial charge in [0, 0.05) is 13.7 Å². The largest absolute Gasteiger partial charge is 0.383 e. The van der Waals surface area contributed by atoms with Crippen LogP contribution in [0.3, 0.4) is 0 Å². The first-order valence-electron chi connectivity index (χ1n) is 5.79. The summed E-state index contributed by atoms with van der Waals surface area (Å²) in [5.41, 5.74) is 4.66. The van der Waals surface area contributed by atoms with E-state index in [9.17, 15) is 5.26 Å². The van der Waals surface area contributed by atoms with E-state index in [4.69, 9.17) is 4.74 Å². The minimum atomic E-state index is -0.259. The SMILES string of the molecule is COCCNC(C#N)c1c(C)cc(C)cc1C. The van der Waals surface area contributed by atoms with E-state index in [-0.39, 0.29) is 6.04 Å². The van der Waals surface area contributed by atoms with Crippen LogP contribution in [0.4, 0.5) is 0 Å². The third kappa shape index (κ3) is 3.55. The Kier molecular flexibility index (Phi) is 5.14. The van der Waals surface area contributed by atoms with E-state index < -0.39 is 0 Å². The monoisotopic (exact) mass is 232 g/mol. The fraction of sp³-hybridized carbons (Fsp3) is 0.500. The van der Waals surface area contributed by atoms with Crippen LogP contribution in [0.25, 0.3) is 0 Å². The van der Waals surface area contributed by atoms with Crippen LogP contribution in [0.1, 0.15) is 28.3 Å². The summed E-state index contributed by atoms with van der Waals surface area (Å²) in [5.74, 6) is 0. The first-order chi connectivity index (χ1) is 8.10. The van der Waals surface area contributed by atoms with Gasteiger partial charge in [-0.05, 0) is 37.5 Å². The topological polar surface area (TPSA) is 45.0 Å². The number of ether oxygens (including phenoxy) is 1. The molecule has 1 aromatic carbocycles. The Balaban J connectivity index is 2.93. The average Bonchev–Trinajstić information content (AvgIpc) is 2.25. The smallest absolute Gasteiger partial charge is 0.121 e. The molecule has 0 amide bonds. The zero-order valence-corrected chi connectivity index (χ0v) is 11.0. The summed E-state index contributed by atoms with van der Waals surface area (Å²) in [5, 5.41) is 12.4. The van der Waals surface area contributed by atoms with Crippen molar-refractivity contribution in [3.8, 4) is 6.07 Å². The number of aryl methyl sites for hydroxylation is 3. The molecule has 0 radical (unpaired) electrons. The quantitative estimate of drug-likeness (QED) is 0.793. The van der Waals surface area contributed by atoms with Crippen molar-refractivity contribution >= 4 is 0 Å². The average molecular weight is 232 g/mol. The van der Waals surface area contributed by atoms with E-state index in [1.54, 1.807) is 7.11 Å². The van der Waals surface area contributed by atoms with Gasteiger partial charge in [-0.25, -0.2) is 0 Å². The van der Waals surface area contributed by atoms with Gasteiger partial charge in [-0.3, -0.25) is 5.32 Å². The van der Waals surface area contributed by atoms with Gasteiger partial charge < -0.3 is 4.74 Å². The predicted molar refractivity (Wildman–Crippen MR) is 68.9 cm³/mol. The number of methoxy groups -OCH3 is 1. The Morgan fingerprint density at radius 3 is 2.35 bits per heavy atom. The van der Waals surface area contributed by atoms with Gasteiger partial charge in [0.15, 0.2) is 0 Å². The normalized spacial score (nSPS) is 12.2. The molecule has 0 aliphatic carbocycles. The van der Waals surface area contributed by atoms with Crippen molar-refractivity contribution in [2.24, 2.45) is 0 Å². The maximum Gasteiger partial charge on any atom is 0.121 e. The molecule has 0 spiro atoms. The summed E-state index contributed by atoms with van der Waals surface area (Å²) in [6, 6.07) is 6.28. The molecule has 1 atom stereocenters. The second-order valence-electron chi connectivity index (χ2n) is 4.32. The molecule has 0 saturated heterocycles.